The molecule has 0 aliphatic carbocycles. The minimum absolute atomic E-state index is 0. The zero-order chi connectivity index (χ0) is 14.3. The van der Waals surface area contributed by atoms with E-state index in [0.29, 0.717) is 17.0 Å². The lowest BCUT2D eigenvalue weighted by atomic mass is 10.1. The molecule has 2 aromatic heterocycles. The summed E-state index contributed by atoms with van der Waals surface area (Å²) in [6, 6.07) is 0. The number of aromatic nitrogens is 4. The second-order valence-corrected chi connectivity index (χ2v) is 4.53. The zero-order valence-corrected chi connectivity index (χ0v) is 11.2. The second-order valence-electron chi connectivity index (χ2n) is 4.53. The third-order valence-electron chi connectivity index (χ3n) is 3.39. The Morgan fingerprint density at radius 2 is 2.05 bits per heavy atom. The fourth-order valence-electron chi connectivity index (χ4n) is 2.33. The van der Waals surface area contributed by atoms with Crippen molar-refractivity contribution in [2.24, 2.45) is 0 Å². The lowest BCUT2D eigenvalue weighted by Gasteiger charge is -2.16. The van der Waals surface area contributed by atoms with Gasteiger partial charge in [0.15, 0.2) is 17.7 Å². The molecule has 0 aromatic carbocycles. The van der Waals surface area contributed by atoms with Crippen LogP contribution in [0.1, 0.15) is 6.23 Å². The molecule has 3 heterocycles. The molecule has 2 aromatic rings. The standard InChI is InChI=1S/C11H15N5O4.H2O/c1-12-9-6-10(14-3-13-9)16(4-15-6)11-8(19)7(18)5(2-17)20-11;/h3-5,7-8,11,17-19H,2H2,1H3,(H,12,13,14);1H2/t5-,7-,8-,11-;/m1./s1. The topological polar surface area (TPSA) is 157 Å². The average Bonchev–Trinajstić information content (AvgIpc) is 3.01. The van der Waals surface area contributed by atoms with Crippen LogP contribution in [-0.2, 0) is 4.74 Å². The fraction of sp³-hybridized carbons (Fsp3) is 0.545. The van der Waals surface area contributed by atoms with E-state index in [-0.39, 0.29) is 12.1 Å². The molecule has 1 saturated heterocycles. The molecule has 0 unspecified atom stereocenters. The molecule has 10 nitrogen and oxygen atoms in total. The van der Waals surface area contributed by atoms with Crippen LogP contribution in [0.5, 0.6) is 0 Å². The van der Waals surface area contributed by atoms with Crippen molar-refractivity contribution < 1.29 is 25.5 Å². The van der Waals surface area contributed by atoms with E-state index < -0.39 is 24.5 Å². The molecule has 0 spiro atoms. The second kappa shape index (κ2) is 5.87. The van der Waals surface area contributed by atoms with Crippen LogP contribution in [0.3, 0.4) is 0 Å². The number of hydrogen-bond acceptors (Lipinski definition) is 8. The molecule has 3 rings (SSSR count). The van der Waals surface area contributed by atoms with E-state index in [1.165, 1.54) is 17.2 Å². The van der Waals surface area contributed by atoms with E-state index in [1.807, 2.05) is 0 Å². The van der Waals surface area contributed by atoms with Gasteiger partial charge in [-0.05, 0) is 0 Å². The number of anilines is 1. The normalized spacial score (nSPS) is 28.6. The highest BCUT2D eigenvalue weighted by atomic mass is 16.6. The maximum Gasteiger partial charge on any atom is 0.167 e. The highest BCUT2D eigenvalue weighted by Crippen LogP contribution is 2.31. The Morgan fingerprint density at radius 1 is 1.29 bits per heavy atom. The van der Waals surface area contributed by atoms with Crippen molar-refractivity contribution in [2.75, 3.05) is 19.0 Å². The fourth-order valence-corrected chi connectivity index (χ4v) is 2.33. The van der Waals surface area contributed by atoms with E-state index >= 15 is 0 Å². The first kappa shape index (κ1) is 15.5. The van der Waals surface area contributed by atoms with Crippen molar-refractivity contribution in [3.8, 4) is 0 Å². The van der Waals surface area contributed by atoms with Gasteiger partial charge in [-0.2, -0.15) is 0 Å². The number of imidazole rings is 1. The zero-order valence-electron chi connectivity index (χ0n) is 11.2. The van der Waals surface area contributed by atoms with Gasteiger partial charge in [0, 0.05) is 7.05 Å². The lowest BCUT2D eigenvalue weighted by molar-refractivity contribution is -0.0511. The Hall–Kier alpha value is -1.85. The molecule has 10 heteroatoms. The van der Waals surface area contributed by atoms with Crippen molar-refractivity contribution in [3.63, 3.8) is 0 Å². The van der Waals surface area contributed by atoms with Crippen LogP contribution in [0, 0.1) is 0 Å². The number of hydrogen-bond donors (Lipinski definition) is 4. The minimum atomic E-state index is -1.17. The summed E-state index contributed by atoms with van der Waals surface area (Å²) < 4.78 is 6.97. The molecule has 0 radical (unpaired) electrons. The Morgan fingerprint density at radius 3 is 2.67 bits per heavy atom. The molecule has 21 heavy (non-hydrogen) atoms. The molecule has 0 saturated carbocycles. The Kier molecular flexibility index (Phi) is 4.34. The monoisotopic (exact) mass is 299 g/mol. The van der Waals surface area contributed by atoms with Crippen LogP contribution in [0.2, 0.25) is 0 Å². The molecule has 0 bridgehead atoms. The van der Waals surface area contributed by atoms with Gasteiger partial charge in [-0.3, -0.25) is 4.57 Å². The number of nitrogens with zero attached hydrogens (tertiary/aromatic N) is 4. The van der Waals surface area contributed by atoms with Gasteiger partial charge in [-0.15, -0.1) is 0 Å². The number of ether oxygens (including phenoxy) is 1. The summed E-state index contributed by atoms with van der Waals surface area (Å²) in [4.78, 5) is 12.3. The van der Waals surface area contributed by atoms with Crippen molar-refractivity contribution in [2.45, 2.75) is 24.5 Å². The first-order valence-corrected chi connectivity index (χ1v) is 6.15. The van der Waals surface area contributed by atoms with E-state index in [9.17, 15) is 10.2 Å². The summed E-state index contributed by atoms with van der Waals surface area (Å²) in [6.45, 7) is -0.377. The first-order chi connectivity index (χ1) is 9.67. The summed E-state index contributed by atoms with van der Waals surface area (Å²) in [5.74, 6) is 0.556. The summed E-state index contributed by atoms with van der Waals surface area (Å²) >= 11 is 0. The third-order valence-corrected chi connectivity index (χ3v) is 3.39. The molecule has 116 valence electrons. The van der Waals surface area contributed by atoms with Gasteiger partial charge >= 0.3 is 0 Å². The predicted octanol–water partition coefficient (Wildman–Crippen LogP) is -2.35. The van der Waals surface area contributed by atoms with E-state index in [4.69, 9.17) is 9.84 Å². The Balaban J connectivity index is 0.00000161. The molecular weight excluding hydrogens is 282 g/mol. The van der Waals surface area contributed by atoms with Gasteiger partial charge in [0.25, 0.3) is 0 Å². The Labute approximate surface area is 119 Å². The van der Waals surface area contributed by atoms with Gasteiger partial charge in [0.1, 0.15) is 30.2 Å². The average molecular weight is 299 g/mol. The van der Waals surface area contributed by atoms with Crippen LogP contribution >= 0.6 is 0 Å². The predicted molar refractivity (Wildman–Crippen MR) is 71.5 cm³/mol. The third kappa shape index (κ3) is 2.32. The van der Waals surface area contributed by atoms with Crippen LogP contribution < -0.4 is 5.32 Å². The van der Waals surface area contributed by atoms with Gasteiger partial charge in [-0.25, -0.2) is 15.0 Å². The van der Waals surface area contributed by atoms with Gasteiger partial charge < -0.3 is 30.8 Å². The van der Waals surface area contributed by atoms with Crippen molar-refractivity contribution in [1.29, 1.82) is 0 Å². The smallest absolute Gasteiger partial charge is 0.167 e. The number of fused-ring (bicyclic) bond motifs is 1. The minimum Gasteiger partial charge on any atom is -0.412 e. The quantitative estimate of drug-likeness (QED) is 0.490. The van der Waals surface area contributed by atoms with E-state index in [0.717, 1.165) is 0 Å². The Bertz CT molecular complexity index is 620. The highest BCUT2D eigenvalue weighted by molar-refractivity contribution is 5.82. The van der Waals surface area contributed by atoms with E-state index in [1.54, 1.807) is 7.05 Å². The summed E-state index contributed by atoms with van der Waals surface area (Å²) in [7, 11) is 1.72. The first-order valence-electron chi connectivity index (χ1n) is 6.15. The molecule has 1 fully saturated rings. The van der Waals surface area contributed by atoms with Crippen molar-refractivity contribution >= 4 is 17.0 Å². The van der Waals surface area contributed by atoms with Gasteiger partial charge in [0.05, 0.1) is 12.9 Å². The maximum absolute atomic E-state index is 10.0. The molecule has 6 N–H and O–H groups in total. The van der Waals surface area contributed by atoms with Crippen molar-refractivity contribution in [3.05, 3.63) is 12.7 Å². The SMILES string of the molecule is CNc1ncnc2c1ncn2[C@@H]1O[C@H](CO)[C@@H](O)[C@H]1O.O. The summed E-state index contributed by atoms with van der Waals surface area (Å²) in [6.07, 6.45) is -1.19. The number of rotatable bonds is 3. The lowest BCUT2D eigenvalue weighted by Crippen LogP contribution is -2.33. The molecule has 0 amide bonds. The van der Waals surface area contributed by atoms with Crippen LogP contribution in [0.15, 0.2) is 12.7 Å². The highest BCUT2D eigenvalue weighted by Gasteiger charge is 2.43. The van der Waals surface area contributed by atoms with Crippen LogP contribution in [0.4, 0.5) is 5.82 Å². The van der Waals surface area contributed by atoms with E-state index in [2.05, 4.69) is 20.3 Å². The summed E-state index contributed by atoms with van der Waals surface area (Å²) in [5.41, 5.74) is 1.01. The van der Waals surface area contributed by atoms with Crippen molar-refractivity contribution in [1.82, 2.24) is 19.5 Å². The van der Waals surface area contributed by atoms with Crippen LogP contribution in [-0.4, -0.2) is 72.3 Å². The van der Waals surface area contributed by atoms with Gasteiger partial charge in [0.2, 0.25) is 0 Å². The number of nitrogens with one attached hydrogen (secondary N) is 1. The summed E-state index contributed by atoms with van der Waals surface area (Å²) in [5, 5.41) is 31.8. The largest absolute Gasteiger partial charge is 0.412 e. The molecular formula is C11H17N5O5. The molecule has 4 atom stereocenters. The molecule has 1 aliphatic rings. The molecule has 1 aliphatic heterocycles. The maximum atomic E-state index is 10.0. The number of aliphatic hydroxyl groups is 3. The number of aliphatic hydroxyl groups excluding tert-OH is 3. The van der Waals surface area contributed by atoms with Crippen LogP contribution in [0.25, 0.3) is 11.2 Å². The van der Waals surface area contributed by atoms with Gasteiger partial charge in [-0.1, -0.05) is 0 Å².